The predicted molar refractivity (Wildman–Crippen MR) is 134 cm³/mol. The van der Waals surface area contributed by atoms with Crippen molar-refractivity contribution in [2.45, 2.75) is 24.9 Å². The van der Waals surface area contributed by atoms with Gasteiger partial charge in [-0.1, -0.05) is 55.1 Å². The van der Waals surface area contributed by atoms with Gasteiger partial charge in [-0.3, -0.25) is 14.2 Å². The minimum atomic E-state index is -0.120. The molecule has 0 bridgehead atoms. The van der Waals surface area contributed by atoms with Gasteiger partial charge in [0.25, 0.3) is 0 Å². The number of nitrogens with one attached hydrogen (secondary N) is 1. The van der Waals surface area contributed by atoms with Crippen LogP contribution >= 0.6 is 11.8 Å². The Bertz CT molecular complexity index is 1100. The molecule has 9 heteroatoms. The molecule has 3 aromatic rings. The van der Waals surface area contributed by atoms with Crippen LogP contribution < -0.4 is 10.2 Å². The highest BCUT2D eigenvalue weighted by atomic mass is 32.2. The number of aryl methyl sites for hydroxylation is 1. The first-order valence-electron chi connectivity index (χ1n) is 11.6. The van der Waals surface area contributed by atoms with Gasteiger partial charge in [-0.25, -0.2) is 0 Å². The molecule has 2 aromatic carbocycles. The zero-order chi connectivity index (χ0) is 23.8. The SMILES string of the molecule is CCc1ccccc1-n1cnnc1SCC(=O)NCCC(=O)N1CCN(c2ccccc2)CC1. The zero-order valence-electron chi connectivity index (χ0n) is 19.4. The summed E-state index contributed by atoms with van der Waals surface area (Å²) < 4.78 is 1.91. The molecular weight excluding hydrogens is 448 g/mol. The van der Waals surface area contributed by atoms with E-state index in [0.29, 0.717) is 31.2 Å². The Kier molecular flexibility index (Phi) is 8.19. The lowest BCUT2D eigenvalue weighted by molar-refractivity contribution is -0.131. The molecule has 1 aromatic heterocycles. The van der Waals surface area contributed by atoms with Crippen LogP contribution in [0, 0.1) is 0 Å². The van der Waals surface area contributed by atoms with Gasteiger partial charge in [0.05, 0.1) is 11.4 Å². The van der Waals surface area contributed by atoms with Crippen LogP contribution in [0.1, 0.15) is 18.9 Å². The van der Waals surface area contributed by atoms with E-state index in [0.717, 1.165) is 25.2 Å². The standard InChI is InChI=1S/C25H30N6O2S/c1-2-20-8-6-7-11-22(20)31-19-27-28-25(31)34-18-23(32)26-13-12-24(33)30-16-14-29(15-17-30)21-9-4-3-5-10-21/h3-11,19H,2,12-18H2,1H3,(H,26,32). The van der Waals surface area contributed by atoms with Gasteiger partial charge in [-0.15, -0.1) is 10.2 Å². The van der Waals surface area contributed by atoms with Crippen molar-refractivity contribution in [2.24, 2.45) is 0 Å². The fraction of sp³-hybridized carbons (Fsp3) is 0.360. The van der Waals surface area contributed by atoms with Gasteiger partial charge in [0, 0.05) is 44.8 Å². The number of para-hydroxylation sites is 2. The third kappa shape index (κ3) is 5.96. The normalized spacial score (nSPS) is 13.7. The van der Waals surface area contributed by atoms with Crippen molar-refractivity contribution in [2.75, 3.05) is 43.4 Å². The van der Waals surface area contributed by atoms with Gasteiger partial charge in [0.15, 0.2) is 5.16 Å². The molecule has 2 amide bonds. The third-order valence-corrected chi connectivity index (χ3v) is 6.84. The van der Waals surface area contributed by atoms with Gasteiger partial charge in [-0.2, -0.15) is 0 Å². The summed E-state index contributed by atoms with van der Waals surface area (Å²) >= 11 is 1.34. The molecule has 1 aliphatic heterocycles. The molecule has 1 aliphatic rings. The summed E-state index contributed by atoms with van der Waals surface area (Å²) in [6.07, 6.45) is 2.88. The van der Waals surface area contributed by atoms with Gasteiger partial charge < -0.3 is 15.1 Å². The molecule has 4 rings (SSSR count). The number of carbonyl (C=O) groups excluding carboxylic acids is 2. The average molecular weight is 479 g/mol. The molecule has 178 valence electrons. The second-order valence-electron chi connectivity index (χ2n) is 8.06. The van der Waals surface area contributed by atoms with Crippen molar-refractivity contribution >= 4 is 29.3 Å². The van der Waals surface area contributed by atoms with E-state index < -0.39 is 0 Å². The first-order valence-corrected chi connectivity index (χ1v) is 12.6. The molecule has 8 nitrogen and oxygen atoms in total. The Morgan fingerprint density at radius 3 is 2.50 bits per heavy atom. The molecule has 34 heavy (non-hydrogen) atoms. The van der Waals surface area contributed by atoms with E-state index in [1.165, 1.54) is 23.0 Å². The highest BCUT2D eigenvalue weighted by molar-refractivity contribution is 7.99. The second kappa shape index (κ2) is 11.7. The number of aromatic nitrogens is 3. The molecule has 1 N–H and O–H groups in total. The molecular formula is C25H30N6O2S. The zero-order valence-corrected chi connectivity index (χ0v) is 20.2. The minimum Gasteiger partial charge on any atom is -0.368 e. The van der Waals surface area contributed by atoms with Gasteiger partial charge >= 0.3 is 0 Å². The van der Waals surface area contributed by atoms with Crippen LogP contribution in [0.4, 0.5) is 5.69 Å². The number of thioether (sulfide) groups is 1. The van der Waals surface area contributed by atoms with Crippen molar-refractivity contribution in [1.29, 1.82) is 0 Å². The topological polar surface area (TPSA) is 83.4 Å². The smallest absolute Gasteiger partial charge is 0.230 e. The van der Waals surface area contributed by atoms with Crippen LogP contribution in [0.15, 0.2) is 66.1 Å². The molecule has 1 saturated heterocycles. The van der Waals surface area contributed by atoms with Crippen LogP contribution in [-0.4, -0.2) is 70.0 Å². The summed E-state index contributed by atoms with van der Waals surface area (Å²) in [4.78, 5) is 29.1. The van der Waals surface area contributed by atoms with Crippen molar-refractivity contribution in [3.8, 4) is 5.69 Å². The lowest BCUT2D eigenvalue weighted by atomic mass is 10.1. The number of benzene rings is 2. The Morgan fingerprint density at radius 1 is 1.00 bits per heavy atom. The second-order valence-corrected chi connectivity index (χ2v) is 9.00. The lowest BCUT2D eigenvalue weighted by Crippen LogP contribution is -2.49. The maximum absolute atomic E-state index is 12.6. The van der Waals surface area contributed by atoms with Crippen molar-refractivity contribution < 1.29 is 9.59 Å². The molecule has 0 unspecified atom stereocenters. The van der Waals surface area contributed by atoms with E-state index >= 15 is 0 Å². The fourth-order valence-corrected chi connectivity index (χ4v) is 4.79. The van der Waals surface area contributed by atoms with E-state index in [-0.39, 0.29) is 17.6 Å². The van der Waals surface area contributed by atoms with Crippen LogP contribution in [0.25, 0.3) is 5.69 Å². The van der Waals surface area contributed by atoms with Crippen LogP contribution in [0.2, 0.25) is 0 Å². The average Bonchev–Trinajstić information content (AvgIpc) is 3.36. The minimum absolute atomic E-state index is 0.0802. The van der Waals surface area contributed by atoms with Gasteiger partial charge in [0.1, 0.15) is 6.33 Å². The van der Waals surface area contributed by atoms with E-state index in [1.807, 2.05) is 45.9 Å². The first-order chi connectivity index (χ1) is 16.7. The highest BCUT2D eigenvalue weighted by Gasteiger charge is 2.21. The lowest BCUT2D eigenvalue weighted by Gasteiger charge is -2.36. The molecule has 0 atom stereocenters. The number of hydrogen-bond donors (Lipinski definition) is 1. The number of rotatable bonds is 9. The molecule has 0 spiro atoms. The van der Waals surface area contributed by atoms with Crippen LogP contribution in [-0.2, 0) is 16.0 Å². The third-order valence-electron chi connectivity index (χ3n) is 5.90. The summed E-state index contributed by atoms with van der Waals surface area (Å²) in [5, 5.41) is 11.7. The molecule has 1 fully saturated rings. The van der Waals surface area contributed by atoms with E-state index in [2.05, 4.69) is 45.5 Å². The Labute approximate surface area is 204 Å². The molecule has 2 heterocycles. The van der Waals surface area contributed by atoms with Crippen LogP contribution in [0.3, 0.4) is 0 Å². The summed E-state index contributed by atoms with van der Waals surface area (Å²) in [5.41, 5.74) is 3.40. The number of carbonyl (C=O) groups is 2. The van der Waals surface area contributed by atoms with Gasteiger partial charge in [-0.05, 0) is 30.2 Å². The first kappa shape index (κ1) is 23.8. The van der Waals surface area contributed by atoms with E-state index in [4.69, 9.17) is 0 Å². The molecule has 0 saturated carbocycles. The summed E-state index contributed by atoms with van der Waals surface area (Å²) in [6.45, 7) is 5.48. The predicted octanol–water partition coefficient (Wildman–Crippen LogP) is 2.78. The highest BCUT2D eigenvalue weighted by Crippen LogP contribution is 2.22. The molecule has 0 aliphatic carbocycles. The summed E-state index contributed by atoms with van der Waals surface area (Å²) in [5.74, 6) is 0.179. The number of hydrogen-bond acceptors (Lipinski definition) is 6. The van der Waals surface area contributed by atoms with Gasteiger partial charge in [0.2, 0.25) is 11.8 Å². The quantitative estimate of drug-likeness (QED) is 0.476. The number of piperazine rings is 1. The Hall–Kier alpha value is -3.33. The monoisotopic (exact) mass is 478 g/mol. The largest absolute Gasteiger partial charge is 0.368 e. The van der Waals surface area contributed by atoms with Crippen LogP contribution in [0.5, 0.6) is 0 Å². The maximum atomic E-state index is 12.6. The number of anilines is 1. The van der Waals surface area contributed by atoms with Crippen molar-refractivity contribution in [1.82, 2.24) is 25.0 Å². The summed E-state index contributed by atoms with van der Waals surface area (Å²) in [6, 6.07) is 18.3. The number of nitrogens with zero attached hydrogens (tertiary/aromatic N) is 5. The fourth-order valence-electron chi connectivity index (χ4n) is 4.03. The Morgan fingerprint density at radius 2 is 1.74 bits per heavy atom. The maximum Gasteiger partial charge on any atom is 0.230 e. The van der Waals surface area contributed by atoms with Crippen molar-refractivity contribution in [3.63, 3.8) is 0 Å². The number of amides is 2. The van der Waals surface area contributed by atoms with E-state index in [9.17, 15) is 9.59 Å². The van der Waals surface area contributed by atoms with E-state index in [1.54, 1.807) is 6.33 Å². The molecule has 0 radical (unpaired) electrons. The van der Waals surface area contributed by atoms with Crippen molar-refractivity contribution in [3.05, 3.63) is 66.5 Å². The summed E-state index contributed by atoms with van der Waals surface area (Å²) in [7, 11) is 0. The Balaban J connectivity index is 1.19.